The van der Waals surface area contributed by atoms with Gasteiger partial charge in [0.05, 0.1) is 15.1 Å². The molecule has 0 saturated carbocycles. The molecule has 0 N–H and O–H groups in total. The predicted octanol–water partition coefficient (Wildman–Crippen LogP) is 4.85. The van der Waals surface area contributed by atoms with Crippen LogP contribution in [0.2, 0.25) is 15.1 Å². The lowest BCUT2D eigenvalue weighted by molar-refractivity contribution is 0.626. The third kappa shape index (κ3) is 2.01. The van der Waals surface area contributed by atoms with Crippen LogP contribution in [-0.2, 0) is 0 Å². The molecule has 0 saturated heterocycles. The van der Waals surface area contributed by atoms with Crippen LogP contribution in [-0.4, -0.2) is 4.98 Å². The molecule has 0 unspecified atom stereocenters. The SMILES string of the molecule is Fc1cccnc1-c1c(Cl)ccc(Cl)c1Cl. The third-order valence-electron chi connectivity index (χ3n) is 2.04. The summed E-state index contributed by atoms with van der Waals surface area (Å²) in [5.74, 6) is -0.492. The zero-order valence-electron chi connectivity index (χ0n) is 7.85. The minimum absolute atomic E-state index is 0.0972. The van der Waals surface area contributed by atoms with Gasteiger partial charge >= 0.3 is 0 Å². The molecule has 0 fully saturated rings. The Morgan fingerprint density at radius 1 is 1.00 bits per heavy atom. The van der Waals surface area contributed by atoms with E-state index in [1.54, 1.807) is 12.1 Å². The summed E-state index contributed by atoms with van der Waals surface area (Å²) in [7, 11) is 0. The Bertz CT molecular complexity index is 543. The minimum atomic E-state index is -0.492. The molecular weight excluding hydrogens is 271 g/mol. The van der Waals surface area contributed by atoms with Crippen LogP contribution in [0.4, 0.5) is 4.39 Å². The Morgan fingerprint density at radius 2 is 1.69 bits per heavy atom. The van der Waals surface area contributed by atoms with Crippen molar-refractivity contribution in [3.8, 4) is 11.3 Å². The van der Waals surface area contributed by atoms with Gasteiger partial charge in [-0.2, -0.15) is 0 Å². The first-order valence-corrected chi connectivity index (χ1v) is 5.49. The van der Waals surface area contributed by atoms with Crippen molar-refractivity contribution in [2.75, 3.05) is 0 Å². The fourth-order valence-electron chi connectivity index (χ4n) is 1.31. The molecule has 0 atom stereocenters. The monoisotopic (exact) mass is 275 g/mol. The maximum Gasteiger partial charge on any atom is 0.149 e. The number of pyridine rings is 1. The number of benzene rings is 1. The highest BCUT2D eigenvalue weighted by molar-refractivity contribution is 6.46. The number of nitrogens with zero attached hydrogens (tertiary/aromatic N) is 1. The minimum Gasteiger partial charge on any atom is -0.253 e. The first-order valence-electron chi connectivity index (χ1n) is 4.35. The maximum atomic E-state index is 13.5. The van der Waals surface area contributed by atoms with Gasteiger partial charge in [0.1, 0.15) is 11.5 Å². The van der Waals surface area contributed by atoms with Gasteiger partial charge < -0.3 is 0 Å². The highest BCUT2D eigenvalue weighted by Crippen LogP contribution is 2.38. The number of hydrogen-bond donors (Lipinski definition) is 0. The lowest BCUT2D eigenvalue weighted by Gasteiger charge is -2.08. The second-order valence-corrected chi connectivity index (χ2v) is 4.24. The number of hydrogen-bond acceptors (Lipinski definition) is 1. The summed E-state index contributed by atoms with van der Waals surface area (Å²) in [6, 6.07) is 5.89. The Labute approximate surface area is 107 Å². The van der Waals surface area contributed by atoms with Gasteiger partial charge in [-0.1, -0.05) is 34.8 Å². The second-order valence-electron chi connectivity index (χ2n) is 3.05. The fraction of sp³-hybridized carbons (Fsp3) is 0. The van der Waals surface area contributed by atoms with Crippen molar-refractivity contribution in [3.05, 3.63) is 51.3 Å². The van der Waals surface area contributed by atoms with Crippen LogP contribution >= 0.6 is 34.8 Å². The van der Waals surface area contributed by atoms with Crippen LogP contribution in [0.15, 0.2) is 30.5 Å². The molecule has 0 bridgehead atoms. The molecule has 1 aromatic carbocycles. The van der Waals surface area contributed by atoms with Gasteiger partial charge in [-0.15, -0.1) is 0 Å². The van der Waals surface area contributed by atoms with Crippen molar-refractivity contribution < 1.29 is 4.39 Å². The average molecular weight is 277 g/mol. The average Bonchev–Trinajstić information content (AvgIpc) is 2.27. The van der Waals surface area contributed by atoms with E-state index in [1.165, 1.54) is 18.3 Å². The van der Waals surface area contributed by atoms with Crippen molar-refractivity contribution in [1.29, 1.82) is 0 Å². The smallest absolute Gasteiger partial charge is 0.149 e. The van der Waals surface area contributed by atoms with Crippen LogP contribution in [0.1, 0.15) is 0 Å². The van der Waals surface area contributed by atoms with Gasteiger partial charge in [0.25, 0.3) is 0 Å². The number of aromatic nitrogens is 1. The summed E-state index contributed by atoms with van der Waals surface area (Å²) in [5, 5.41) is 0.824. The van der Waals surface area contributed by atoms with E-state index < -0.39 is 5.82 Å². The molecule has 0 aliphatic heterocycles. The van der Waals surface area contributed by atoms with Crippen molar-refractivity contribution in [2.24, 2.45) is 0 Å². The second kappa shape index (κ2) is 4.58. The van der Waals surface area contributed by atoms with Crippen LogP contribution in [0.25, 0.3) is 11.3 Å². The van der Waals surface area contributed by atoms with Gasteiger partial charge in [-0.25, -0.2) is 4.39 Å². The standard InChI is InChI=1S/C11H5Cl3FN/c12-6-3-4-7(13)10(14)9(6)11-8(15)2-1-5-16-11/h1-5H. The van der Waals surface area contributed by atoms with E-state index in [9.17, 15) is 4.39 Å². The van der Waals surface area contributed by atoms with E-state index in [0.29, 0.717) is 15.6 Å². The predicted molar refractivity (Wildman–Crippen MR) is 64.7 cm³/mol. The van der Waals surface area contributed by atoms with E-state index in [-0.39, 0.29) is 10.7 Å². The molecule has 0 amide bonds. The summed E-state index contributed by atoms with van der Waals surface area (Å²) < 4.78 is 13.5. The number of halogens is 4. The van der Waals surface area contributed by atoms with E-state index in [4.69, 9.17) is 34.8 Å². The zero-order valence-corrected chi connectivity index (χ0v) is 10.1. The highest BCUT2D eigenvalue weighted by atomic mass is 35.5. The molecule has 82 valence electrons. The van der Waals surface area contributed by atoms with Crippen LogP contribution in [0.5, 0.6) is 0 Å². The molecule has 5 heteroatoms. The summed E-state index contributed by atoms with van der Waals surface area (Å²) in [4.78, 5) is 3.91. The Hall–Kier alpha value is -0.830. The van der Waals surface area contributed by atoms with Gasteiger partial charge in [0.2, 0.25) is 0 Å². The molecule has 0 aliphatic carbocycles. The number of rotatable bonds is 1. The summed E-state index contributed by atoms with van der Waals surface area (Å²) >= 11 is 17.8. The largest absolute Gasteiger partial charge is 0.253 e. The van der Waals surface area contributed by atoms with Gasteiger partial charge in [-0.3, -0.25) is 4.98 Å². The first kappa shape index (κ1) is 11.6. The molecule has 0 aliphatic rings. The van der Waals surface area contributed by atoms with E-state index in [2.05, 4.69) is 4.98 Å². The quantitative estimate of drug-likeness (QED) is 0.679. The lowest BCUT2D eigenvalue weighted by Crippen LogP contribution is -1.90. The van der Waals surface area contributed by atoms with Crippen molar-refractivity contribution in [2.45, 2.75) is 0 Å². The topological polar surface area (TPSA) is 12.9 Å². The molecule has 0 spiro atoms. The van der Waals surface area contributed by atoms with Gasteiger partial charge in [0, 0.05) is 11.8 Å². The molecule has 2 rings (SSSR count). The zero-order chi connectivity index (χ0) is 11.7. The Balaban J connectivity index is 2.74. The van der Waals surface area contributed by atoms with Crippen molar-refractivity contribution in [3.63, 3.8) is 0 Å². The van der Waals surface area contributed by atoms with Crippen molar-refractivity contribution in [1.82, 2.24) is 4.98 Å². The summed E-state index contributed by atoms with van der Waals surface area (Å²) in [6.07, 6.45) is 1.46. The first-order chi connectivity index (χ1) is 7.61. The molecular formula is C11H5Cl3FN. The van der Waals surface area contributed by atoms with Gasteiger partial charge in [-0.05, 0) is 24.3 Å². The van der Waals surface area contributed by atoms with E-state index >= 15 is 0 Å². The van der Waals surface area contributed by atoms with Crippen LogP contribution in [0, 0.1) is 5.82 Å². The van der Waals surface area contributed by atoms with Gasteiger partial charge in [0.15, 0.2) is 0 Å². The Morgan fingerprint density at radius 3 is 2.38 bits per heavy atom. The fourth-order valence-corrected chi connectivity index (χ4v) is 2.02. The maximum absolute atomic E-state index is 13.5. The molecule has 1 heterocycles. The van der Waals surface area contributed by atoms with Crippen LogP contribution < -0.4 is 0 Å². The lowest BCUT2D eigenvalue weighted by atomic mass is 10.1. The highest BCUT2D eigenvalue weighted by Gasteiger charge is 2.16. The molecule has 0 radical (unpaired) electrons. The normalized spacial score (nSPS) is 10.5. The molecule has 16 heavy (non-hydrogen) atoms. The molecule has 2 aromatic rings. The molecule has 1 nitrogen and oxygen atoms in total. The van der Waals surface area contributed by atoms with E-state index in [0.717, 1.165) is 0 Å². The van der Waals surface area contributed by atoms with Crippen molar-refractivity contribution >= 4 is 34.8 Å². The Kier molecular flexibility index (Phi) is 3.33. The summed E-state index contributed by atoms with van der Waals surface area (Å²) in [6.45, 7) is 0. The van der Waals surface area contributed by atoms with Crippen LogP contribution in [0.3, 0.4) is 0 Å². The third-order valence-corrected chi connectivity index (χ3v) is 3.16. The van der Waals surface area contributed by atoms with E-state index in [1.807, 2.05) is 0 Å². The molecule has 1 aromatic heterocycles. The summed E-state index contributed by atoms with van der Waals surface area (Å²) in [5.41, 5.74) is 0.411.